The molecule has 0 aromatic heterocycles. The summed E-state index contributed by atoms with van der Waals surface area (Å²) in [6.45, 7) is 6.32. The lowest BCUT2D eigenvalue weighted by molar-refractivity contribution is 0.675. The van der Waals surface area contributed by atoms with Crippen LogP contribution in [0.1, 0.15) is 25.8 Å². The molecule has 0 amide bonds. The largest absolute Gasteiger partial charge is 0.313 e. The van der Waals surface area contributed by atoms with E-state index >= 15 is 0 Å². The number of rotatable bonds is 7. The molecule has 0 unspecified atom stereocenters. The monoisotopic (exact) mass is 235 g/mol. The molecule has 0 aliphatic carbocycles. The molecular weight excluding hydrogens is 214 g/mol. The molecule has 1 aromatic rings. The summed E-state index contributed by atoms with van der Waals surface area (Å²) in [5.41, 5.74) is 1.36. The second-order valence-electron chi connectivity index (χ2n) is 3.70. The molecule has 0 fully saturated rings. The Labute approximate surface area is 103 Å². The van der Waals surface area contributed by atoms with Crippen molar-refractivity contribution in [3.63, 3.8) is 0 Å². The number of allylic oxidation sites excluding steroid dienone is 1. The fourth-order valence-corrected chi connectivity index (χ4v) is 2.16. The zero-order chi connectivity index (χ0) is 11.6. The van der Waals surface area contributed by atoms with Crippen LogP contribution in [0.2, 0.25) is 0 Å². The highest BCUT2D eigenvalue weighted by Gasteiger charge is 1.94. The van der Waals surface area contributed by atoms with Gasteiger partial charge in [-0.25, -0.2) is 0 Å². The highest BCUT2D eigenvalue weighted by atomic mass is 32.2. The minimum absolute atomic E-state index is 0.980. The van der Waals surface area contributed by atoms with Crippen molar-refractivity contribution in [2.45, 2.75) is 31.7 Å². The quantitative estimate of drug-likeness (QED) is 0.437. The van der Waals surface area contributed by atoms with Gasteiger partial charge in [0.05, 0.1) is 0 Å². The first-order valence-electron chi connectivity index (χ1n) is 5.90. The molecule has 16 heavy (non-hydrogen) atoms. The van der Waals surface area contributed by atoms with Gasteiger partial charge in [-0.15, -0.1) is 11.8 Å². The van der Waals surface area contributed by atoms with Gasteiger partial charge in [0.1, 0.15) is 0 Å². The number of hydrogen-bond donors (Lipinski definition) is 1. The van der Waals surface area contributed by atoms with Crippen molar-refractivity contribution < 1.29 is 0 Å². The summed E-state index contributed by atoms with van der Waals surface area (Å²) in [5, 5.41) is 3.41. The predicted octanol–water partition coefficient (Wildman–Crippen LogP) is 3.85. The van der Waals surface area contributed by atoms with Crippen molar-refractivity contribution in [2.75, 3.05) is 12.3 Å². The molecule has 0 aliphatic rings. The van der Waals surface area contributed by atoms with Crippen LogP contribution in [0.4, 0.5) is 0 Å². The highest BCUT2D eigenvalue weighted by Crippen LogP contribution is 2.18. The number of hydrogen-bond acceptors (Lipinski definition) is 2. The fourth-order valence-electron chi connectivity index (χ4n) is 1.35. The van der Waals surface area contributed by atoms with Crippen LogP contribution in [0.15, 0.2) is 41.3 Å². The smallest absolute Gasteiger partial charge is 0.0205 e. The van der Waals surface area contributed by atoms with Crippen LogP contribution >= 0.6 is 11.8 Å². The van der Waals surface area contributed by atoms with E-state index in [0.29, 0.717) is 0 Å². The molecule has 1 rings (SSSR count). The number of nitrogens with one attached hydrogen (secondary N) is 1. The van der Waals surface area contributed by atoms with Gasteiger partial charge in [0.2, 0.25) is 0 Å². The van der Waals surface area contributed by atoms with Crippen LogP contribution in [0.3, 0.4) is 0 Å². The Hall–Kier alpha value is -0.730. The van der Waals surface area contributed by atoms with Crippen molar-refractivity contribution in [2.24, 2.45) is 0 Å². The third-order valence-electron chi connectivity index (χ3n) is 2.26. The lowest BCUT2D eigenvalue weighted by atomic mass is 10.2. The van der Waals surface area contributed by atoms with Gasteiger partial charge in [0, 0.05) is 17.2 Å². The van der Waals surface area contributed by atoms with Gasteiger partial charge in [-0.05, 0) is 37.6 Å². The van der Waals surface area contributed by atoms with E-state index in [1.54, 1.807) is 0 Å². The molecular formula is C14H21NS. The molecule has 0 radical (unpaired) electrons. The van der Waals surface area contributed by atoms with Crippen molar-refractivity contribution in [3.8, 4) is 0 Å². The van der Waals surface area contributed by atoms with Crippen LogP contribution < -0.4 is 5.32 Å². The minimum Gasteiger partial charge on any atom is -0.313 e. The second-order valence-corrected chi connectivity index (χ2v) is 4.79. The van der Waals surface area contributed by atoms with Crippen molar-refractivity contribution >= 4 is 11.8 Å². The average molecular weight is 235 g/mol. The Bertz CT molecular complexity index is 303. The Morgan fingerprint density at radius 2 is 2.00 bits per heavy atom. The van der Waals surface area contributed by atoms with E-state index in [2.05, 4.69) is 55.6 Å². The van der Waals surface area contributed by atoms with E-state index in [4.69, 9.17) is 0 Å². The fraction of sp³-hybridized carbons (Fsp3) is 0.429. The predicted molar refractivity (Wildman–Crippen MR) is 74.0 cm³/mol. The van der Waals surface area contributed by atoms with E-state index in [-0.39, 0.29) is 0 Å². The van der Waals surface area contributed by atoms with E-state index in [1.165, 1.54) is 16.9 Å². The topological polar surface area (TPSA) is 12.0 Å². The zero-order valence-corrected chi connectivity index (χ0v) is 11.0. The summed E-state index contributed by atoms with van der Waals surface area (Å²) in [6, 6.07) is 8.83. The van der Waals surface area contributed by atoms with E-state index in [0.717, 1.165) is 18.8 Å². The van der Waals surface area contributed by atoms with Crippen LogP contribution in [0, 0.1) is 0 Å². The first kappa shape index (κ1) is 13.3. The van der Waals surface area contributed by atoms with E-state index in [1.807, 2.05) is 11.8 Å². The van der Waals surface area contributed by atoms with E-state index < -0.39 is 0 Å². The Morgan fingerprint density at radius 3 is 2.62 bits per heavy atom. The third kappa shape index (κ3) is 5.38. The van der Waals surface area contributed by atoms with Gasteiger partial charge in [-0.1, -0.05) is 31.2 Å². The normalized spacial score (nSPS) is 11.1. The number of thioether (sulfide) groups is 1. The summed E-state index contributed by atoms with van der Waals surface area (Å²) in [7, 11) is 0. The molecule has 0 spiro atoms. The summed E-state index contributed by atoms with van der Waals surface area (Å²) < 4.78 is 0. The second kappa shape index (κ2) is 8.43. The molecule has 0 heterocycles. The number of benzene rings is 1. The van der Waals surface area contributed by atoms with Crippen LogP contribution in [0.25, 0.3) is 0 Å². The van der Waals surface area contributed by atoms with Gasteiger partial charge in [-0.2, -0.15) is 0 Å². The summed E-state index contributed by atoms with van der Waals surface area (Å²) in [6.07, 6.45) is 5.47. The zero-order valence-electron chi connectivity index (χ0n) is 10.2. The highest BCUT2D eigenvalue weighted by molar-refractivity contribution is 7.99. The molecule has 0 saturated heterocycles. The lowest BCUT2D eigenvalue weighted by Crippen LogP contribution is -2.13. The Balaban J connectivity index is 2.35. The molecule has 1 aromatic carbocycles. The van der Waals surface area contributed by atoms with Crippen molar-refractivity contribution in [1.29, 1.82) is 0 Å². The van der Waals surface area contributed by atoms with Crippen LogP contribution in [0.5, 0.6) is 0 Å². The van der Waals surface area contributed by atoms with Gasteiger partial charge in [-0.3, -0.25) is 0 Å². The standard InChI is InChI=1S/C14H21NS/c1-3-5-11-16-14-8-6-13(7-9-14)12-15-10-4-2/h3,5-9,15H,4,10-12H2,1-2H3/b5-3+. The van der Waals surface area contributed by atoms with Gasteiger partial charge >= 0.3 is 0 Å². The van der Waals surface area contributed by atoms with Crippen molar-refractivity contribution in [1.82, 2.24) is 5.32 Å². The molecule has 0 saturated carbocycles. The van der Waals surface area contributed by atoms with Gasteiger partial charge in [0.15, 0.2) is 0 Å². The first-order chi connectivity index (χ1) is 7.86. The van der Waals surface area contributed by atoms with Crippen LogP contribution in [-0.2, 0) is 6.54 Å². The molecule has 2 heteroatoms. The molecule has 0 bridgehead atoms. The molecule has 0 atom stereocenters. The maximum Gasteiger partial charge on any atom is 0.0205 e. The third-order valence-corrected chi connectivity index (χ3v) is 3.23. The first-order valence-corrected chi connectivity index (χ1v) is 6.89. The van der Waals surface area contributed by atoms with E-state index in [9.17, 15) is 0 Å². The molecule has 1 N–H and O–H groups in total. The average Bonchev–Trinajstić information content (AvgIpc) is 2.32. The SMILES string of the molecule is C/C=C/CSc1ccc(CNCCC)cc1. The minimum atomic E-state index is 0.980. The maximum absolute atomic E-state index is 3.41. The lowest BCUT2D eigenvalue weighted by Gasteiger charge is -2.04. The maximum atomic E-state index is 3.41. The Morgan fingerprint density at radius 1 is 1.25 bits per heavy atom. The van der Waals surface area contributed by atoms with Crippen LogP contribution in [-0.4, -0.2) is 12.3 Å². The summed E-state index contributed by atoms with van der Waals surface area (Å²) in [5.74, 6) is 1.06. The summed E-state index contributed by atoms with van der Waals surface area (Å²) in [4.78, 5) is 1.34. The van der Waals surface area contributed by atoms with Gasteiger partial charge in [0.25, 0.3) is 0 Å². The molecule has 1 nitrogen and oxygen atoms in total. The molecule has 88 valence electrons. The Kier molecular flexibility index (Phi) is 7.02. The van der Waals surface area contributed by atoms with Gasteiger partial charge < -0.3 is 5.32 Å². The van der Waals surface area contributed by atoms with Crippen molar-refractivity contribution in [3.05, 3.63) is 42.0 Å². The summed E-state index contributed by atoms with van der Waals surface area (Å²) >= 11 is 1.87. The molecule has 0 aliphatic heterocycles.